The van der Waals surface area contributed by atoms with Crippen molar-refractivity contribution in [1.29, 1.82) is 0 Å². The molecule has 0 spiro atoms. The van der Waals surface area contributed by atoms with Crippen molar-refractivity contribution in [3.05, 3.63) is 71.3 Å². The van der Waals surface area contributed by atoms with E-state index in [0.29, 0.717) is 18.2 Å². The predicted octanol–water partition coefficient (Wildman–Crippen LogP) is 1.81. The first-order valence-electron chi connectivity index (χ1n) is 10.2. The summed E-state index contributed by atoms with van der Waals surface area (Å²) in [5.74, 6) is -3.60. The highest BCUT2D eigenvalue weighted by Crippen LogP contribution is 2.30. The Morgan fingerprint density at radius 2 is 1.81 bits per heavy atom. The summed E-state index contributed by atoms with van der Waals surface area (Å²) in [6.45, 7) is 1.92. The molecule has 2 aromatic carbocycles. The third kappa shape index (κ3) is 5.11. The van der Waals surface area contributed by atoms with Gasteiger partial charge in [0, 0.05) is 19.7 Å². The Bertz CT molecular complexity index is 982. The summed E-state index contributed by atoms with van der Waals surface area (Å²) in [7, 11) is 1.58. The lowest BCUT2D eigenvalue weighted by atomic mass is 9.97. The molecule has 3 amide bonds. The van der Waals surface area contributed by atoms with Crippen LogP contribution >= 0.6 is 0 Å². The number of hydrogen-bond donors (Lipinski definition) is 1. The Morgan fingerprint density at radius 1 is 1.19 bits per heavy atom. The van der Waals surface area contributed by atoms with E-state index >= 15 is 0 Å². The minimum Gasteiger partial charge on any atom is -0.369 e. The number of nitrogens with zero attached hydrogens (tertiary/aromatic N) is 2. The molecular formula is C23H25F2N3O4. The van der Waals surface area contributed by atoms with Crippen LogP contribution in [0.1, 0.15) is 24.2 Å². The number of hydrogen-bond acceptors (Lipinski definition) is 4. The first-order valence-corrected chi connectivity index (χ1v) is 10.2. The van der Waals surface area contributed by atoms with Gasteiger partial charge in [0.2, 0.25) is 17.7 Å². The number of benzene rings is 2. The van der Waals surface area contributed by atoms with Crippen molar-refractivity contribution in [2.45, 2.75) is 31.5 Å². The molecule has 0 saturated carbocycles. The zero-order valence-corrected chi connectivity index (χ0v) is 17.8. The van der Waals surface area contributed by atoms with Crippen LogP contribution in [0.5, 0.6) is 0 Å². The highest BCUT2D eigenvalue weighted by atomic mass is 19.1. The molecule has 1 saturated heterocycles. The van der Waals surface area contributed by atoms with E-state index < -0.39 is 54.0 Å². The van der Waals surface area contributed by atoms with E-state index in [4.69, 9.17) is 10.5 Å². The molecule has 1 fully saturated rings. The number of rotatable bonds is 6. The Balaban J connectivity index is 2.06. The van der Waals surface area contributed by atoms with E-state index in [-0.39, 0.29) is 12.2 Å². The number of amides is 3. The molecule has 2 aromatic rings. The average Bonchev–Trinajstić information content (AvgIpc) is 2.87. The summed E-state index contributed by atoms with van der Waals surface area (Å²) in [5, 5.41) is 0. The van der Waals surface area contributed by atoms with Crippen LogP contribution in [0.25, 0.3) is 0 Å². The predicted molar refractivity (Wildman–Crippen MR) is 112 cm³/mol. The summed E-state index contributed by atoms with van der Waals surface area (Å²) < 4.78 is 33.3. The average molecular weight is 445 g/mol. The van der Waals surface area contributed by atoms with E-state index in [1.807, 2.05) is 0 Å². The molecule has 7 nitrogen and oxygen atoms in total. The number of halogens is 2. The van der Waals surface area contributed by atoms with Gasteiger partial charge in [0.25, 0.3) is 0 Å². The van der Waals surface area contributed by atoms with Crippen molar-refractivity contribution in [1.82, 2.24) is 9.80 Å². The lowest BCUT2D eigenvalue weighted by molar-refractivity contribution is -0.153. The van der Waals surface area contributed by atoms with Gasteiger partial charge in [-0.3, -0.25) is 14.4 Å². The third-order valence-corrected chi connectivity index (χ3v) is 5.46. The second-order valence-electron chi connectivity index (χ2n) is 7.74. The van der Waals surface area contributed by atoms with Crippen LogP contribution in [0.4, 0.5) is 8.78 Å². The first kappa shape index (κ1) is 23.3. The first-order chi connectivity index (χ1) is 15.2. The van der Waals surface area contributed by atoms with Crippen molar-refractivity contribution in [2.24, 2.45) is 5.73 Å². The quantitative estimate of drug-likeness (QED) is 0.734. The monoisotopic (exact) mass is 445 g/mol. The Kier molecular flexibility index (Phi) is 7.19. The topological polar surface area (TPSA) is 92.9 Å². The van der Waals surface area contributed by atoms with Crippen LogP contribution in [-0.2, 0) is 25.5 Å². The van der Waals surface area contributed by atoms with Gasteiger partial charge in [-0.2, -0.15) is 0 Å². The summed E-state index contributed by atoms with van der Waals surface area (Å²) in [6.07, 6.45) is -1.29. The molecule has 1 aliphatic heterocycles. The van der Waals surface area contributed by atoms with E-state index in [0.717, 1.165) is 17.0 Å². The summed E-state index contributed by atoms with van der Waals surface area (Å²) in [5.41, 5.74) is 6.22. The molecule has 0 aromatic heterocycles. The normalized spacial score (nSPS) is 19.9. The van der Waals surface area contributed by atoms with Gasteiger partial charge < -0.3 is 20.3 Å². The van der Waals surface area contributed by atoms with Gasteiger partial charge in [-0.15, -0.1) is 0 Å². The summed E-state index contributed by atoms with van der Waals surface area (Å²) in [4.78, 5) is 41.3. The maximum atomic E-state index is 13.7. The number of ether oxygens (including phenoxy) is 1. The smallest absolute Gasteiger partial charge is 0.248 e. The molecule has 170 valence electrons. The van der Waals surface area contributed by atoms with Crippen molar-refractivity contribution < 1.29 is 27.9 Å². The van der Waals surface area contributed by atoms with Crippen LogP contribution < -0.4 is 5.73 Å². The SMILES string of the molecule is C[C@@H](C(N)=O)N(C(=O)Cc1cc(F)cc(F)c1)[C@@H]1C(=O)N(C)CCO[C@@H]1c1ccccc1. The Hall–Kier alpha value is -3.33. The number of carbonyl (C=O) groups is 3. The van der Waals surface area contributed by atoms with Crippen LogP contribution in [0.15, 0.2) is 48.5 Å². The highest BCUT2D eigenvalue weighted by molar-refractivity contribution is 5.93. The van der Waals surface area contributed by atoms with E-state index in [9.17, 15) is 23.2 Å². The fourth-order valence-electron chi connectivity index (χ4n) is 3.79. The molecule has 3 atom stereocenters. The molecule has 32 heavy (non-hydrogen) atoms. The van der Waals surface area contributed by atoms with Crippen LogP contribution in [-0.4, -0.2) is 59.8 Å². The molecular weight excluding hydrogens is 420 g/mol. The number of likely N-dealkylation sites (N-methyl/N-ethyl adjacent to an activating group) is 1. The molecule has 2 N–H and O–H groups in total. The summed E-state index contributed by atoms with van der Waals surface area (Å²) in [6, 6.07) is 9.25. The fraction of sp³-hybridized carbons (Fsp3) is 0.348. The van der Waals surface area contributed by atoms with Gasteiger partial charge in [-0.05, 0) is 30.2 Å². The minimum atomic E-state index is -1.20. The van der Waals surface area contributed by atoms with Gasteiger partial charge in [-0.1, -0.05) is 30.3 Å². The van der Waals surface area contributed by atoms with Crippen LogP contribution in [0, 0.1) is 11.6 Å². The van der Waals surface area contributed by atoms with Gasteiger partial charge in [0.15, 0.2) is 0 Å². The Morgan fingerprint density at radius 3 is 2.41 bits per heavy atom. The minimum absolute atomic E-state index is 0.0702. The lowest BCUT2D eigenvalue weighted by Gasteiger charge is -2.38. The van der Waals surface area contributed by atoms with Gasteiger partial charge in [-0.25, -0.2) is 8.78 Å². The van der Waals surface area contributed by atoms with E-state index in [1.54, 1.807) is 37.4 Å². The van der Waals surface area contributed by atoms with E-state index in [2.05, 4.69) is 0 Å². The second kappa shape index (κ2) is 9.86. The second-order valence-corrected chi connectivity index (χ2v) is 7.74. The summed E-state index contributed by atoms with van der Waals surface area (Å²) >= 11 is 0. The molecule has 3 rings (SSSR count). The van der Waals surface area contributed by atoms with E-state index in [1.165, 1.54) is 11.8 Å². The zero-order valence-electron chi connectivity index (χ0n) is 17.8. The van der Waals surface area contributed by atoms with Crippen molar-refractivity contribution in [3.8, 4) is 0 Å². The molecule has 0 unspecified atom stereocenters. The maximum Gasteiger partial charge on any atom is 0.248 e. The molecule has 0 aliphatic carbocycles. The fourth-order valence-corrected chi connectivity index (χ4v) is 3.79. The largest absolute Gasteiger partial charge is 0.369 e. The molecule has 1 heterocycles. The van der Waals surface area contributed by atoms with Crippen molar-refractivity contribution >= 4 is 17.7 Å². The lowest BCUT2D eigenvalue weighted by Crippen LogP contribution is -2.58. The van der Waals surface area contributed by atoms with Gasteiger partial charge in [0.1, 0.15) is 29.8 Å². The number of primary amides is 1. The van der Waals surface area contributed by atoms with Gasteiger partial charge >= 0.3 is 0 Å². The molecule has 0 radical (unpaired) electrons. The van der Waals surface area contributed by atoms with Crippen LogP contribution in [0.3, 0.4) is 0 Å². The number of nitrogens with two attached hydrogens (primary N) is 1. The van der Waals surface area contributed by atoms with Crippen molar-refractivity contribution in [2.75, 3.05) is 20.2 Å². The number of carbonyl (C=O) groups excluding carboxylic acids is 3. The molecule has 0 bridgehead atoms. The highest BCUT2D eigenvalue weighted by Gasteiger charge is 2.44. The molecule has 1 aliphatic rings. The molecule has 9 heteroatoms. The Labute approximate surface area is 184 Å². The maximum absolute atomic E-state index is 13.7. The van der Waals surface area contributed by atoms with Gasteiger partial charge in [0.05, 0.1) is 13.0 Å². The standard InChI is InChI=1S/C23H25F2N3O4/c1-14(22(26)30)28(19(29)12-15-10-17(24)13-18(25)11-15)20-21(16-6-4-3-5-7-16)32-9-8-27(2)23(20)31/h3-7,10-11,13-14,20-21H,8-9,12H2,1-2H3,(H2,26,30)/t14-,20-,21+/m0/s1. The van der Waals surface area contributed by atoms with Crippen molar-refractivity contribution in [3.63, 3.8) is 0 Å². The zero-order chi connectivity index (χ0) is 23.4. The third-order valence-electron chi connectivity index (χ3n) is 5.46. The van der Waals surface area contributed by atoms with Crippen LogP contribution in [0.2, 0.25) is 0 Å².